The lowest BCUT2D eigenvalue weighted by Crippen LogP contribution is -2.15. The van der Waals surface area contributed by atoms with Crippen LogP contribution in [0.3, 0.4) is 0 Å². The predicted molar refractivity (Wildman–Crippen MR) is 66.7 cm³/mol. The summed E-state index contributed by atoms with van der Waals surface area (Å²) in [4.78, 5) is 0. The molecule has 0 spiro atoms. The SMILES string of the molecule is COc1cc([C@@H](N)CCN)cc(OC)c1OC. The number of methoxy groups -OCH3 is 3. The summed E-state index contributed by atoms with van der Waals surface area (Å²) in [6.07, 6.45) is 0.707. The summed E-state index contributed by atoms with van der Waals surface area (Å²) in [5.41, 5.74) is 12.4. The molecule has 0 fully saturated rings. The number of ether oxygens (including phenoxy) is 3. The molecule has 0 saturated heterocycles. The van der Waals surface area contributed by atoms with Crippen molar-refractivity contribution in [2.24, 2.45) is 11.5 Å². The molecule has 0 aliphatic rings. The van der Waals surface area contributed by atoms with Gasteiger partial charge < -0.3 is 25.7 Å². The van der Waals surface area contributed by atoms with Crippen LogP contribution in [0.25, 0.3) is 0 Å². The Morgan fingerprint density at radius 1 is 1.06 bits per heavy atom. The highest BCUT2D eigenvalue weighted by Crippen LogP contribution is 2.39. The fraction of sp³-hybridized carbons (Fsp3) is 0.500. The summed E-state index contributed by atoms with van der Waals surface area (Å²) >= 11 is 0. The minimum Gasteiger partial charge on any atom is -0.493 e. The Labute approximate surface area is 102 Å². The maximum Gasteiger partial charge on any atom is 0.203 e. The van der Waals surface area contributed by atoms with Crippen LogP contribution >= 0.6 is 0 Å². The topological polar surface area (TPSA) is 79.7 Å². The molecule has 96 valence electrons. The van der Waals surface area contributed by atoms with E-state index in [-0.39, 0.29) is 6.04 Å². The molecule has 17 heavy (non-hydrogen) atoms. The Hall–Kier alpha value is -1.46. The van der Waals surface area contributed by atoms with E-state index in [4.69, 9.17) is 25.7 Å². The monoisotopic (exact) mass is 240 g/mol. The molecule has 5 nitrogen and oxygen atoms in total. The van der Waals surface area contributed by atoms with Gasteiger partial charge in [0, 0.05) is 6.04 Å². The Balaban J connectivity index is 3.17. The van der Waals surface area contributed by atoms with Gasteiger partial charge in [-0.3, -0.25) is 0 Å². The summed E-state index contributed by atoms with van der Waals surface area (Å²) in [5, 5.41) is 0. The van der Waals surface area contributed by atoms with Crippen molar-refractivity contribution in [2.75, 3.05) is 27.9 Å². The van der Waals surface area contributed by atoms with Crippen LogP contribution in [-0.4, -0.2) is 27.9 Å². The van der Waals surface area contributed by atoms with Crippen LogP contribution in [0.5, 0.6) is 17.2 Å². The number of hydrogen-bond acceptors (Lipinski definition) is 5. The molecular formula is C12H20N2O3. The Kier molecular flexibility index (Phi) is 5.06. The molecule has 0 saturated carbocycles. The summed E-state index contributed by atoms with van der Waals surface area (Å²) in [6.45, 7) is 0.540. The molecule has 4 N–H and O–H groups in total. The fourth-order valence-electron chi connectivity index (χ4n) is 1.66. The van der Waals surface area contributed by atoms with E-state index < -0.39 is 0 Å². The van der Waals surface area contributed by atoms with E-state index in [0.29, 0.717) is 30.2 Å². The quantitative estimate of drug-likeness (QED) is 0.777. The highest BCUT2D eigenvalue weighted by atomic mass is 16.5. The van der Waals surface area contributed by atoms with Crippen molar-refractivity contribution in [2.45, 2.75) is 12.5 Å². The van der Waals surface area contributed by atoms with E-state index in [0.717, 1.165) is 5.56 Å². The molecule has 1 atom stereocenters. The molecule has 5 heteroatoms. The van der Waals surface area contributed by atoms with E-state index in [9.17, 15) is 0 Å². The maximum absolute atomic E-state index is 6.01. The van der Waals surface area contributed by atoms with Gasteiger partial charge in [-0.15, -0.1) is 0 Å². The van der Waals surface area contributed by atoms with Crippen molar-refractivity contribution >= 4 is 0 Å². The fourth-order valence-corrected chi connectivity index (χ4v) is 1.66. The molecule has 1 aromatic carbocycles. The first-order chi connectivity index (χ1) is 8.17. The maximum atomic E-state index is 6.01. The average molecular weight is 240 g/mol. The smallest absolute Gasteiger partial charge is 0.203 e. The van der Waals surface area contributed by atoms with Crippen LogP contribution in [-0.2, 0) is 0 Å². The molecular weight excluding hydrogens is 220 g/mol. The minimum atomic E-state index is -0.131. The van der Waals surface area contributed by atoms with Gasteiger partial charge in [0.05, 0.1) is 21.3 Å². The van der Waals surface area contributed by atoms with Crippen molar-refractivity contribution in [3.05, 3.63) is 17.7 Å². The second-order valence-electron chi connectivity index (χ2n) is 3.64. The highest BCUT2D eigenvalue weighted by Gasteiger charge is 2.16. The van der Waals surface area contributed by atoms with Crippen LogP contribution in [0, 0.1) is 0 Å². The van der Waals surface area contributed by atoms with Gasteiger partial charge >= 0.3 is 0 Å². The third kappa shape index (κ3) is 3.01. The first kappa shape index (κ1) is 13.6. The van der Waals surface area contributed by atoms with Crippen LogP contribution < -0.4 is 25.7 Å². The van der Waals surface area contributed by atoms with E-state index in [1.54, 1.807) is 21.3 Å². The van der Waals surface area contributed by atoms with Gasteiger partial charge in [0.1, 0.15) is 0 Å². The van der Waals surface area contributed by atoms with Gasteiger partial charge in [-0.2, -0.15) is 0 Å². The van der Waals surface area contributed by atoms with Gasteiger partial charge in [0.2, 0.25) is 5.75 Å². The first-order valence-corrected chi connectivity index (χ1v) is 5.43. The third-order valence-electron chi connectivity index (χ3n) is 2.59. The van der Waals surface area contributed by atoms with E-state index in [1.807, 2.05) is 12.1 Å². The van der Waals surface area contributed by atoms with E-state index in [2.05, 4.69) is 0 Å². The van der Waals surface area contributed by atoms with Crippen LogP contribution in [0.1, 0.15) is 18.0 Å². The van der Waals surface area contributed by atoms with Crippen molar-refractivity contribution in [1.29, 1.82) is 0 Å². The van der Waals surface area contributed by atoms with E-state index >= 15 is 0 Å². The van der Waals surface area contributed by atoms with Gasteiger partial charge in [-0.25, -0.2) is 0 Å². The van der Waals surface area contributed by atoms with Gasteiger partial charge in [-0.1, -0.05) is 0 Å². The summed E-state index contributed by atoms with van der Waals surface area (Å²) < 4.78 is 15.7. The molecule has 0 radical (unpaired) electrons. The van der Waals surface area contributed by atoms with Crippen molar-refractivity contribution < 1.29 is 14.2 Å². The molecule has 1 aromatic rings. The van der Waals surface area contributed by atoms with Gasteiger partial charge in [-0.05, 0) is 30.7 Å². The average Bonchev–Trinajstić information content (AvgIpc) is 2.37. The van der Waals surface area contributed by atoms with Crippen LogP contribution in [0.4, 0.5) is 0 Å². The summed E-state index contributed by atoms with van der Waals surface area (Å²) in [6, 6.07) is 3.57. The zero-order valence-electron chi connectivity index (χ0n) is 10.5. The normalized spacial score (nSPS) is 12.1. The number of benzene rings is 1. The molecule has 0 aliphatic carbocycles. The lowest BCUT2D eigenvalue weighted by molar-refractivity contribution is 0.323. The number of rotatable bonds is 6. The van der Waals surface area contributed by atoms with Crippen molar-refractivity contribution in [3.63, 3.8) is 0 Å². The molecule has 0 aliphatic heterocycles. The first-order valence-electron chi connectivity index (χ1n) is 5.43. The summed E-state index contributed by atoms with van der Waals surface area (Å²) in [7, 11) is 4.73. The molecule has 1 rings (SSSR count). The van der Waals surface area contributed by atoms with E-state index in [1.165, 1.54) is 0 Å². The van der Waals surface area contributed by atoms with Gasteiger partial charge in [0.15, 0.2) is 11.5 Å². The zero-order valence-corrected chi connectivity index (χ0v) is 10.5. The minimum absolute atomic E-state index is 0.131. The van der Waals surface area contributed by atoms with Crippen LogP contribution in [0.15, 0.2) is 12.1 Å². The Morgan fingerprint density at radius 2 is 1.59 bits per heavy atom. The third-order valence-corrected chi connectivity index (χ3v) is 2.59. The lowest BCUT2D eigenvalue weighted by atomic mass is 10.0. The molecule has 0 bridgehead atoms. The Bertz CT molecular complexity index is 344. The van der Waals surface area contributed by atoms with Crippen LogP contribution in [0.2, 0.25) is 0 Å². The molecule has 0 amide bonds. The predicted octanol–water partition coefficient (Wildman–Crippen LogP) is 1.06. The van der Waals surface area contributed by atoms with Crippen molar-refractivity contribution in [1.82, 2.24) is 0 Å². The Morgan fingerprint density at radius 3 is 1.94 bits per heavy atom. The molecule has 0 unspecified atom stereocenters. The summed E-state index contributed by atoms with van der Waals surface area (Å²) in [5.74, 6) is 1.78. The zero-order chi connectivity index (χ0) is 12.8. The second-order valence-corrected chi connectivity index (χ2v) is 3.64. The number of nitrogens with two attached hydrogens (primary N) is 2. The second kappa shape index (κ2) is 6.32. The largest absolute Gasteiger partial charge is 0.493 e. The lowest BCUT2D eigenvalue weighted by Gasteiger charge is -2.17. The van der Waals surface area contributed by atoms with Gasteiger partial charge in [0.25, 0.3) is 0 Å². The molecule has 0 aromatic heterocycles. The number of hydrogen-bond donors (Lipinski definition) is 2. The van der Waals surface area contributed by atoms with Crippen molar-refractivity contribution in [3.8, 4) is 17.2 Å². The molecule has 0 heterocycles. The standard InChI is InChI=1S/C12H20N2O3/c1-15-10-6-8(9(14)4-5-13)7-11(16-2)12(10)17-3/h6-7,9H,4-5,13-14H2,1-3H3/t9-/m0/s1. The highest BCUT2D eigenvalue weighted by molar-refractivity contribution is 5.54.